The summed E-state index contributed by atoms with van der Waals surface area (Å²) in [4.78, 5) is 0. The number of halogens is 1. The molecule has 0 aliphatic carbocycles. The van der Waals surface area contributed by atoms with Gasteiger partial charge in [-0.25, -0.2) is 4.39 Å². The Morgan fingerprint density at radius 3 is 2.47 bits per heavy atom. The lowest BCUT2D eigenvalue weighted by atomic mass is 9.95. The molecule has 1 N–H and O–H groups in total. The standard InChI is InChI=1S/C15H24FNO2/c1-15(2,19-5)9-8-13(17-3)11-6-7-14(18-4)12(16)10-11/h6-7,10,13,17H,8-9H2,1-5H3. The van der Waals surface area contributed by atoms with Crippen molar-refractivity contribution in [1.82, 2.24) is 5.32 Å². The fourth-order valence-electron chi connectivity index (χ4n) is 1.97. The Morgan fingerprint density at radius 2 is 2.00 bits per heavy atom. The van der Waals surface area contributed by atoms with E-state index in [4.69, 9.17) is 9.47 Å². The average molecular weight is 269 g/mol. The smallest absolute Gasteiger partial charge is 0.165 e. The third-order valence-corrected chi connectivity index (χ3v) is 3.51. The van der Waals surface area contributed by atoms with Gasteiger partial charge in [0, 0.05) is 13.2 Å². The minimum Gasteiger partial charge on any atom is -0.494 e. The molecule has 0 radical (unpaired) electrons. The maximum atomic E-state index is 13.7. The third kappa shape index (κ3) is 4.48. The van der Waals surface area contributed by atoms with Crippen LogP contribution in [0.4, 0.5) is 4.39 Å². The maximum absolute atomic E-state index is 13.7. The first-order chi connectivity index (χ1) is 8.93. The number of rotatable bonds is 7. The second-order valence-electron chi connectivity index (χ2n) is 5.24. The Bertz CT molecular complexity index is 407. The molecule has 0 aliphatic heterocycles. The molecule has 1 aromatic rings. The summed E-state index contributed by atoms with van der Waals surface area (Å²) in [5.74, 6) is -0.0536. The van der Waals surface area contributed by atoms with Crippen LogP contribution in [0.1, 0.15) is 38.3 Å². The molecule has 1 rings (SSSR count). The van der Waals surface area contributed by atoms with Crippen molar-refractivity contribution in [3.63, 3.8) is 0 Å². The Balaban J connectivity index is 2.77. The number of methoxy groups -OCH3 is 2. The Hall–Kier alpha value is -1.13. The molecule has 0 aliphatic rings. The topological polar surface area (TPSA) is 30.5 Å². The first-order valence-corrected chi connectivity index (χ1v) is 6.49. The van der Waals surface area contributed by atoms with Gasteiger partial charge in [-0.05, 0) is 51.4 Å². The lowest BCUT2D eigenvalue weighted by Gasteiger charge is -2.26. The summed E-state index contributed by atoms with van der Waals surface area (Å²) in [6.45, 7) is 4.10. The highest BCUT2D eigenvalue weighted by Gasteiger charge is 2.20. The van der Waals surface area contributed by atoms with E-state index in [0.29, 0.717) is 0 Å². The molecule has 4 heteroatoms. The van der Waals surface area contributed by atoms with Crippen molar-refractivity contribution in [2.45, 2.75) is 38.3 Å². The van der Waals surface area contributed by atoms with Gasteiger partial charge < -0.3 is 14.8 Å². The predicted octanol–water partition coefficient (Wildman–Crippen LogP) is 3.30. The Labute approximate surface area is 115 Å². The molecule has 3 nitrogen and oxygen atoms in total. The lowest BCUT2D eigenvalue weighted by Crippen LogP contribution is -2.26. The number of nitrogens with one attached hydrogen (secondary N) is 1. The molecular weight excluding hydrogens is 245 g/mol. The van der Waals surface area contributed by atoms with E-state index >= 15 is 0 Å². The first-order valence-electron chi connectivity index (χ1n) is 6.49. The minimum absolute atomic E-state index is 0.106. The van der Waals surface area contributed by atoms with E-state index in [0.717, 1.165) is 18.4 Å². The van der Waals surface area contributed by atoms with Gasteiger partial charge >= 0.3 is 0 Å². The van der Waals surface area contributed by atoms with Crippen molar-refractivity contribution < 1.29 is 13.9 Å². The van der Waals surface area contributed by atoms with E-state index < -0.39 is 0 Å². The predicted molar refractivity (Wildman–Crippen MR) is 75.1 cm³/mol. The fraction of sp³-hybridized carbons (Fsp3) is 0.600. The van der Waals surface area contributed by atoms with Gasteiger partial charge in [0.15, 0.2) is 11.6 Å². The van der Waals surface area contributed by atoms with Gasteiger partial charge in [0.05, 0.1) is 12.7 Å². The summed E-state index contributed by atoms with van der Waals surface area (Å²) < 4.78 is 24.0. The zero-order chi connectivity index (χ0) is 14.5. The van der Waals surface area contributed by atoms with Crippen LogP contribution in [-0.2, 0) is 4.74 Å². The molecular formula is C15H24FNO2. The molecule has 0 bridgehead atoms. The molecule has 0 aromatic heterocycles. The molecule has 1 unspecified atom stereocenters. The van der Waals surface area contributed by atoms with Crippen LogP contribution < -0.4 is 10.1 Å². The fourth-order valence-corrected chi connectivity index (χ4v) is 1.97. The number of benzene rings is 1. The highest BCUT2D eigenvalue weighted by molar-refractivity contribution is 5.31. The second-order valence-corrected chi connectivity index (χ2v) is 5.24. The lowest BCUT2D eigenvalue weighted by molar-refractivity contribution is 0.0118. The van der Waals surface area contributed by atoms with Crippen molar-refractivity contribution in [2.75, 3.05) is 21.3 Å². The molecule has 0 heterocycles. The van der Waals surface area contributed by atoms with Crippen LogP contribution >= 0.6 is 0 Å². The van der Waals surface area contributed by atoms with Gasteiger partial charge in [-0.2, -0.15) is 0 Å². The van der Waals surface area contributed by atoms with Crippen LogP contribution in [0.15, 0.2) is 18.2 Å². The van der Waals surface area contributed by atoms with Gasteiger partial charge in [-0.3, -0.25) is 0 Å². The molecule has 1 aromatic carbocycles. The van der Waals surface area contributed by atoms with E-state index in [2.05, 4.69) is 5.32 Å². The van der Waals surface area contributed by atoms with Crippen LogP contribution in [0.2, 0.25) is 0 Å². The van der Waals surface area contributed by atoms with E-state index in [1.165, 1.54) is 13.2 Å². The van der Waals surface area contributed by atoms with Gasteiger partial charge in [0.1, 0.15) is 0 Å². The van der Waals surface area contributed by atoms with Gasteiger partial charge in [0.25, 0.3) is 0 Å². The SMILES string of the molecule is CNC(CCC(C)(C)OC)c1ccc(OC)c(F)c1. The summed E-state index contributed by atoms with van der Waals surface area (Å²) in [5, 5.41) is 3.22. The van der Waals surface area contributed by atoms with E-state index in [-0.39, 0.29) is 23.2 Å². The molecule has 0 fully saturated rings. The van der Waals surface area contributed by atoms with E-state index in [9.17, 15) is 4.39 Å². The average Bonchev–Trinajstić information content (AvgIpc) is 2.39. The van der Waals surface area contributed by atoms with Crippen molar-refractivity contribution in [3.8, 4) is 5.75 Å². The van der Waals surface area contributed by atoms with Crippen molar-refractivity contribution in [2.24, 2.45) is 0 Å². The molecule has 108 valence electrons. The summed E-state index contributed by atoms with van der Waals surface area (Å²) >= 11 is 0. The third-order valence-electron chi connectivity index (χ3n) is 3.51. The van der Waals surface area contributed by atoms with Crippen molar-refractivity contribution in [1.29, 1.82) is 0 Å². The maximum Gasteiger partial charge on any atom is 0.165 e. The summed E-state index contributed by atoms with van der Waals surface area (Å²) in [7, 11) is 5.06. The van der Waals surface area contributed by atoms with Crippen molar-refractivity contribution in [3.05, 3.63) is 29.6 Å². The summed E-state index contributed by atoms with van der Waals surface area (Å²) in [6.07, 6.45) is 1.77. The second kappa shape index (κ2) is 6.87. The molecule has 19 heavy (non-hydrogen) atoms. The number of hydrogen-bond acceptors (Lipinski definition) is 3. The molecule has 0 saturated carbocycles. The van der Waals surface area contributed by atoms with Crippen LogP contribution in [0.5, 0.6) is 5.75 Å². The van der Waals surface area contributed by atoms with Crippen LogP contribution in [0.25, 0.3) is 0 Å². The van der Waals surface area contributed by atoms with Gasteiger partial charge in [-0.15, -0.1) is 0 Å². The van der Waals surface area contributed by atoms with Crippen LogP contribution in [0.3, 0.4) is 0 Å². The van der Waals surface area contributed by atoms with Gasteiger partial charge in [-0.1, -0.05) is 6.07 Å². The highest BCUT2D eigenvalue weighted by atomic mass is 19.1. The first kappa shape index (κ1) is 15.9. The Kier molecular flexibility index (Phi) is 5.76. The largest absolute Gasteiger partial charge is 0.494 e. The number of hydrogen-bond donors (Lipinski definition) is 1. The minimum atomic E-state index is -0.328. The number of ether oxygens (including phenoxy) is 2. The van der Waals surface area contributed by atoms with Gasteiger partial charge in [0.2, 0.25) is 0 Å². The molecule has 0 amide bonds. The molecule has 0 saturated heterocycles. The highest BCUT2D eigenvalue weighted by Crippen LogP contribution is 2.27. The zero-order valence-corrected chi connectivity index (χ0v) is 12.4. The van der Waals surface area contributed by atoms with Crippen molar-refractivity contribution >= 4 is 0 Å². The normalized spacial score (nSPS) is 13.4. The quantitative estimate of drug-likeness (QED) is 0.824. The Morgan fingerprint density at radius 1 is 1.32 bits per heavy atom. The monoisotopic (exact) mass is 269 g/mol. The molecule has 1 atom stereocenters. The summed E-state index contributed by atoms with van der Waals surface area (Å²) in [6, 6.07) is 5.19. The van der Waals surface area contributed by atoms with E-state index in [1.54, 1.807) is 13.2 Å². The van der Waals surface area contributed by atoms with E-state index in [1.807, 2.05) is 27.0 Å². The van der Waals surface area contributed by atoms with Crippen LogP contribution in [0, 0.1) is 5.82 Å². The summed E-state index contributed by atoms with van der Waals surface area (Å²) in [5.41, 5.74) is 0.757. The van der Waals surface area contributed by atoms with Crippen LogP contribution in [-0.4, -0.2) is 26.9 Å². The molecule has 0 spiro atoms. The zero-order valence-electron chi connectivity index (χ0n) is 12.4.